The van der Waals surface area contributed by atoms with Gasteiger partial charge in [-0.2, -0.15) is 0 Å². The van der Waals surface area contributed by atoms with Crippen molar-refractivity contribution in [3.05, 3.63) is 69.7 Å². The Hall–Kier alpha value is -2.13. The molecule has 1 unspecified atom stereocenters. The Bertz CT molecular complexity index is 1330. The molecule has 7 nitrogen and oxygen atoms in total. The summed E-state index contributed by atoms with van der Waals surface area (Å²) in [6.45, 7) is 5.33. The summed E-state index contributed by atoms with van der Waals surface area (Å²) in [7, 11) is -1.91. The van der Waals surface area contributed by atoms with E-state index in [1.54, 1.807) is 44.0 Å². The Labute approximate surface area is 241 Å². The number of carbonyl (C=O) groups is 2. The van der Waals surface area contributed by atoms with E-state index in [0.717, 1.165) is 11.1 Å². The number of nitrogens with zero attached hydrogens (tertiary/aromatic N) is 2. The Morgan fingerprint density at radius 3 is 2.31 bits per heavy atom. The van der Waals surface area contributed by atoms with Crippen LogP contribution in [0.4, 0.5) is 0 Å². The van der Waals surface area contributed by atoms with E-state index in [-0.39, 0.29) is 30.0 Å². The summed E-state index contributed by atoms with van der Waals surface area (Å²) in [6, 6.07) is 13.8. The fraction of sp³-hybridized carbons (Fsp3) is 0.517. The molecule has 1 heterocycles. The molecule has 0 bridgehead atoms. The maximum Gasteiger partial charge on any atom is 0.307 e. The molecule has 2 aromatic rings. The molecule has 0 radical (unpaired) electrons. The van der Waals surface area contributed by atoms with Crippen LogP contribution in [-0.4, -0.2) is 59.5 Å². The molecule has 1 aliphatic heterocycles. The van der Waals surface area contributed by atoms with Gasteiger partial charge in [0, 0.05) is 35.6 Å². The molecule has 1 saturated carbocycles. The second kappa shape index (κ2) is 11.4. The minimum Gasteiger partial charge on any atom is -0.481 e. The van der Waals surface area contributed by atoms with Crippen molar-refractivity contribution < 1.29 is 23.1 Å². The van der Waals surface area contributed by atoms with Crippen molar-refractivity contribution in [3.63, 3.8) is 0 Å². The minimum atomic E-state index is -3.48. The maximum atomic E-state index is 14.5. The first kappa shape index (κ1) is 29.8. The number of piperidine rings is 1. The number of likely N-dealkylation sites (tertiary alicyclic amines) is 1. The zero-order valence-corrected chi connectivity index (χ0v) is 25.0. The average Bonchev–Trinajstić information content (AvgIpc) is 3.75. The first-order valence-corrected chi connectivity index (χ1v) is 15.6. The molecule has 212 valence electrons. The minimum absolute atomic E-state index is 0.116. The Balaban J connectivity index is 1.89. The monoisotopic (exact) mass is 594 g/mol. The highest BCUT2D eigenvalue weighted by atomic mass is 35.5. The molecule has 39 heavy (non-hydrogen) atoms. The smallest absolute Gasteiger partial charge is 0.307 e. The summed E-state index contributed by atoms with van der Waals surface area (Å²) in [4.78, 5) is 28.5. The fourth-order valence-electron chi connectivity index (χ4n) is 5.82. The van der Waals surface area contributed by atoms with E-state index in [1.807, 2.05) is 37.3 Å². The summed E-state index contributed by atoms with van der Waals surface area (Å²) in [5.41, 5.74) is 0.495. The normalized spacial score (nSPS) is 25.5. The van der Waals surface area contributed by atoms with Gasteiger partial charge in [-0.15, -0.1) is 0 Å². The molecule has 1 saturated heterocycles. The SMILES string of the molecule is CC[C@@H](CN(C)S(=O)(=O)C1CC1)N1C(=O)[C@@](C)(C(C)C(=O)O)C[C@H](c2cccc(Cl)c2)[C@H]1c1ccc(Cl)cc1. The number of likely N-dealkylation sites (N-methyl/N-ethyl adjacent to an activating group) is 1. The van der Waals surface area contributed by atoms with Crippen molar-refractivity contribution >= 4 is 45.1 Å². The van der Waals surface area contributed by atoms with Gasteiger partial charge in [0.15, 0.2) is 0 Å². The fourth-order valence-corrected chi connectivity index (χ4v) is 7.77. The third-order valence-electron chi connectivity index (χ3n) is 8.57. The largest absolute Gasteiger partial charge is 0.481 e. The molecular formula is C29H36Cl2N2O5S. The van der Waals surface area contributed by atoms with Gasteiger partial charge in [-0.25, -0.2) is 12.7 Å². The molecule has 2 aliphatic rings. The molecule has 2 fully saturated rings. The first-order chi connectivity index (χ1) is 18.3. The second-order valence-corrected chi connectivity index (χ2v) is 14.3. The van der Waals surface area contributed by atoms with E-state index in [2.05, 4.69) is 0 Å². The molecule has 0 aromatic heterocycles. The van der Waals surface area contributed by atoms with Gasteiger partial charge in [-0.1, -0.05) is 61.3 Å². The Morgan fingerprint density at radius 2 is 1.77 bits per heavy atom. The van der Waals surface area contributed by atoms with Crippen molar-refractivity contribution in [3.8, 4) is 0 Å². The number of hydrogen-bond donors (Lipinski definition) is 1. The second-order valence-electron chi connectivity index (χ2n) is 11.1. The van der Waals surface area contributed by atoms with Crippen LogP contribution in [0.2, 0.25) is 10.0 Å². The van der Waals surface area contributed by atoms with Crippen molar-refractivity contribution in [2.45, 2.75) is 69.7 Å². The predicted molar refractivity (Wildman–Crippen MR) is 153 cm³/mol. The van der Waals surface area contributed by atoms with Gasteiger partial charge in [-0.05, 0) is 68.0 Å². The number of sulfonamides is 1. The van der Waals surface area contributed by atoms with Crippen LogP contribution < -0.4 is 0 Å². The number of rotatable bonds is 10. The van der Waals surface area contributed by atoms with E-state index < -0.39 is 39.4 Å². The van der Waals surface area contributed by atoms with Gasteiger partial charge in [0.1, 0.15) is 0 Å². The van der Waals surface area contributed by atoms with E-state index in [4.69, 9.17) is 23.2 Å². The lowest BCUT2D eigenvalue weighted by Gasteiger charge is -2.53. The van der Waals surface area contributed by atoms with E-state index in [1.165, 1.54) is 4.31 Å². The molecule has 0 spiro atoms. The maximum absolute atomic E-state index is 14.5. The zero-order chi connectivity index (χ0) is 28.7. The molecule has 1 N–H and O–H groups in total. The van der Waals surface area contributed by atoms with Crippen LogP contribution in [0.1, 0.15) is 69.5 Å². The van der Waals surface area contributed by atoms with Gasteiger partial charge in [0.25, 0.3) is 0 Å². The summed E-state index contributed by atoms with van der Waals surface area (Å²) < 4.78 is 27.5. The van der Waals surface area contributed by atoms with E-state index in [9.17, 15) is 23.1 Å². The van der Waals surface area contributed by atoms with Crippen LogP contribution in [-0.2, 0) is 19.6 Å². The Kier molecular flexibility index (Phi) is 8.72. The van der Waals surface area contributed by atoms with Gasteiger partial charge < -0.3 is 10.0 Å². The van der Waals surface area contributed by atoms with Gasteiger partial charge in [0.05, 0.1) is 22.6 Å². The highest BCUT2D eigenvalue weighted by Crippen LogP contribution is 2.53. The molecule has 1 aliphatic carbocycles. The van der Waals surface area contributed by atoms with Crippen molar-refractivity contribution in [1.82, 2.24) is 9.21 Å². The van der Waals surface area contributed by atoms with Crippen molar-refractivity contribution in [2.75, 3.05) is 13.6 Å². The van der Waals surface area contributed by atoms with Crippen LogP contribution >= 0.6 is 23.2 Å². The average molecular weight is 596 g/mol. The number of benzene rings is 2. The molecule has 2 aromatic carbocycles. The van der Waals surface area contributed by atoms with Crippen LogP contribution in [0.5, 0.6) is 0 Å². The number of carboxylic acids is 1. The van der Waals surface area contributed by atoms with E-state index in [0.29, 0.717) is 29.3 Å². The van der Waals surface area contributed by atoms with Crippen LogP contribution in [0.3, 0.4) is 0 Å². The third-order valence-corrected chi connectivity index (χ3v) is 11.4. The third kappa shape index (κ3) is 5.85. The lowest BCUT2D eigenvalue weighted by Crippen LogP contribution is -2.60. The highest BCUT2D eigenvalue weighted by Gasteiger charge is 2.55. The number of aliphatic carboxylic acids is 1. The van der Waals surface area contributed by atoms with E-state index >= 15 is 0 Å². The zero-order valence-electron chi connectivity index (χ0n) is 22.7. The summed E-state index contributed by atoms with van der Waals surface area (Å²) >= 11 is 12.6. The number of carboxylic acid groups (broad SMARTS) is 1. The predicted octanol–water partition coefficient (Wildman–Crippen LogP) is 5.98. The quantitative estimate of drug-likeness (QED) is 0.365. The summed E-state index contributed by atoms with van der Waals surface area (Å²) in [6.07, 6.45) is 2.06. The van der Waals surface area contributed by atoms with Gasteiger partial charge in [-0.3, -0.25) is 9.59 Å². The van der Waals surface area contributed by atoms with Crippen molar-refractivity contribution in [1.29, 1.82) is 0 Å². The first-order valence-electron chi connectivity index (χ1n) is 13.3. The summed E-state index contributed by atoms with van der Waals surface area (Å²) in [5.74, 6) is -2.61. The van der Waals surface area contributed by atoms with Gasteiger partial charge in [0.2, 0.25) is 15.9 Å². The van der Waals surface area contributed by atoms with Crippen LogP contribution in [0.25, 0.3) is 0 Å². The molecule has 10 heteroatoms. The van der Waals surface area contributed by atoms with Crippen LogP contribution in [0, 0.1) is 11.3 Å². The molecule has 5 atom stereocenters. The number of amides is 1. The van der Waals surface area contributed by atoms with Crippen molar-refractivity contribution in [2.24, 2.45) is 11.3 Å². The lowest BCUT2D eigenvalue weighted by molar-refractivity contribution is -0.167. The number of halogens is 2. The highest BCUT2D eigenvalue weighted by molar-refractivity contribution is 7.90. The van der Waals surface area contributed by atoms with Gasteiger partial charge >= 0.3 is 5.97 Å². The molecule has 4 rings (SSSR count). The standard InChI is InChI=1S/C29H36Cl2N2O5S/c1-5-23(17-32(4)39(37,38)24-13-14-24)33-26(19-9-11-21(30)12-10-19)25(20-7-6-8-22(31)15-20)16-29(3,28(33)36)18(2)27(34)35/h6-12,15,18,23-26H,5,13-14,16-17H2,1-4H3,(H,34,35)/t18?,23-,25+,26+,29+/m0/s1. The molecule has 1 amide bonds. The topological polar surface area (TPSA) is 95.0 Å². The Morgan fingerprint density at radius 1 is 1.13 bits per heavy atom. The lowest BCUT2D eigenvalue weighted by atomic mass is 9.63. The van der Waals surface area contributed by atoms with Crippen LogP contribution in [0.15, 0.2) is 48.5 Å². The number of carbonyl (C=O) groups excluding carboxylic acids is 1. The summed E-state index contributed by atoms with van der Waals surface area (Å²) in [5, 5.41) is 10.8. The molecular weight excluding hydrogens is 559 g/mol. The number of hydrogen-bond acceptors (Lipinski definition) is 4.